The first-order chi connectivity index (χ1) is 15.6. The second-order valence-corrected chi connectivity index (χ2v) is 9.33. The Hall–Kier alpha value is -1.89. The lowest BCUT2D eigenvalue weighted by Crippen LogP contribution is -2.72. The van der Waals surface area contributed by atoms with Crippen LogP contribution < -0.4 is 5.11 Å². The van der Waals surface area contributed by atoms with Crippen molar-refractivity contribution in [2.45, 2.75) is 129 Å². The fourth-order valence-electron chi connectivity index (χ4n) is 4.65. The molecule has 7 heteroatoms. The van der Waals surface area contributed by atoms with E-state index in [2.05, 4.69) is 19.1 Å². The standard InChI is InChI=1S/C26H47NO6/c1-5-6-7-8-9-10-11-12-13-14-15-16-17-18-19-20-27(21(2)24(28)29,22(3)25(30)31)23(4)26(32)33/h12-13,21-23H,5-11,14-20H2,1-4H3,(H2-,28,29,30,31,32,33)/b13-12+. The molecule has 7 nitrogen and oxygen atoms in total. The molecule has 2 N–H and O–H groups in total. The van der Waals surface area contributed by atoms with E-state index in [1.807, 2.05) is 0 Å². The Morgan fingerprint density at radius 2 is 1.09 bits per heavy atom. The van der Waals surface area contributed by atoms with E-state index in [1.165, 1.54) is 59.3 Å². The summed E-state index contributed by atoms with van der Waals surface area (Å²) in [5, 5.41) is 30.8. The van der Waals surface area contributed by atoms with Crippen molar-refractivity contribution in [1.29, 1.82) is 0 Å². The third-order valence-electron chi connectivity index (χ3n) is 7.03. The summed E-state index contributed by atoms with van der Waals surface area (Å²) in [6.07, 6.45) is 19.0. The number of hydrogen-bond donors (Lipinski definition) is 2. The number of carbonyl (C=O) groups is 3. The van der Waals surface area contributed by atoms with Gasteiger partial charge in [0.05, 0.1) is 12.5 Å². The summed E-state index contributed by atoms with van der Waals surface area (Å²) in [7, 11) is 0. The zero-order chi connectivity index (χ0) is 25.3. The molecule has 0 aliphatic heterocycles. The highest BCUT2D eigenvalue weighted by molar-refractivity contribution is 5.76. The van der Waals surface area contributed by atoms with Gasteiger partial charge in [0.1, 0.15) is 6.04 Å². The molecule has 0 saturated carbocycles. The average molecular weight is 470 g/mol. The maximum absolute atomic E-state index is 11.7. The molecular weight excluding hydrogens is 422 g/mol. The van der Waals surface area contributed by atoms with Crippen molar-refractivity contribution in [3.05, 3.63) is 12.2 Å². The first-order valence-corrected chi connectivity index (χ1v) is 12.8. The van der Waals surface area contributed by atoms with Crippen LogP contribution in [0.25, 0.3) is 0 Å². The minimum absolute atomic E-state index is 0.175. The van der Waals surface area contributed by atoms with Gasteiger partial charge in [-0.25, -0.2) is 9.59 Å². The lowest BCUT2D eigenvalue weighted by atomic mass is 10.00. The SMILES string of the molecule is CCCCCCCC/C=C/CCCCCCC[N+](C(C)C(=O)[O-])(C(C)C(=O)O)C(C)C(=O)O. The van der Waals surface area contributed by atoms with Gasteiger partial charge < -0.3 is 20.1 Å². The number of hydrogen-bond acceptors (Lipinski definition) is 4. The highest BCUT2D eigenvalue weighted by Crippen LogP contribution is 2.27. The zero-order valence-corrected chi connectivity index (χ0v) is 21.3. The average Bonchev–Trinajstić information content (AvgIpc) is 2.77. The smallest absolute Gasteiger partial charge is 0.362 e. The molecule has 0 heterocycles. The Morgan fingerprint density at radius 1 is 0.697 bits per heavy atom. The third kappa shape index (κ3) is 11.2. The number of allylic oxidation sites excluding steroid dienone is 2. The van der Waals surface area contributed by atoms with Crippen LogP contribution in [0.1, 0.15) is 111 Å². The lowest BCUT2D eigenvalue weighted by molar-refractivity contribution is -0.969. The topological polar surface area (TPSA) is 115 Å². The molecule has 0 saturated heterocycles. The van der Waals surface area contributed by atoms with Crippen LogP contribution in [-0.2, 0) is 14.4 Å². The van der Waals surface area contributed by atoms with Crippen LogP contribution in [0.5, 0.6) is 0 Å². The number of rotatable bonds is 21. The van der Waals surface area contributed by atoms with Gasteiger partial charge in [0.15, 0.2) is 12.1 Å². The molecule has 3 atom stereocenters. The Balaban J connectivity index is 4.47. The molecule has 0 aromatic carbocycles. The van der Waals surface area contributed by atoms with Crippen LogP contribution in [0.2, 0.25) is 0 Å². The zero-order valence-electron chi connectivity index (χ0n) is 21.3. The maximum atomic E-state index is 11.7. The van der Waals surface area contributed by atoms with E-state index < -0.39 is 40.5 Å². The molecule has 0 rings (SSSR count). The second kappa shape index (κ2) is 17.6. The Bertz CT molecular complexity index is 553. The molecule has 3 unspecified atom stereocenters. The number of unbranched alkanes of at least 4 members (excludes halogenated alkanes) is 11. The first-order valence-electron chi connectivity index (χ1n) is 12.8. The summed E-state index contributed by atoms with van der Waals surface area (Å²) < 4.78 is -0.547. The van der Waals surface area contributed by atoms with E-state index in [0.717, 1.165) is 38.5 Å². The summed E-state index contributed by atoms with van der Waals surface area (Å²) >= 11 is 0. The van der Waals surface area contributed by atoms with Crippen LogP contribution in [-0.4, -0.2) is 57.3 Å². The Morgan fingerprint density at radius 3 is 1.48 bits per heavy atom. The van der Waals surface area contributed by atoms with Gasteiger partial charge >= 0.3 is 11.9 Å². The van der Waals surface area contributed by atoms with E-state index in [1.54, 1.807) is 0 Å². The van der Waals surface area contributed by atoms with Gasteiger partial charge in [-0.15, -0.1) is 0 Å². The van der Waals surface area contributed by atoms with E-state index in [0.29, 0.717) is 6.42 Å². The fraction of sp³-hybridized carbons (Fsp3) is 0.808. The van der Waals surface area contributed by atoms with Crippen molar-refractivity contribution in [2.24, 2.45) is 0 Å². The molecule has 0 fully saturated rings. The van der Waals surface area contributed by atoms with Crippen LogP contribution in [0.4, 0.5) is 0 Å². The van der Waals surface area contributed by atoms with Crippen LogP contribution in [0, 0.1) is 0 Å². The van der Waals surface area contributed by atoms with E-state index in [9.17, 15) is 29.7 Å². The predicted molar refractivity (Wildman–Crippen MR) is 129 cm³/mol. The molecule has 0 aromatic rings. The monoisotopic (exact) mass is 469 g/mol. The highest BCUT2D eigenvalue weighted by Gasteiger charge is 2.50. The third-order valence-corrected chi connectivity index (χ3v) is 7.03. The van der Waals surface area contributed by atoms with Gasteiger partial charge in [-0.1, -0.05) is 64.0 Å². The minimum Gasteiger partial charge on any atom is -0.544 e. The van der Waals surface area contributed by atoms with Crippen molar-refractivity contribution < 1.29 is 34.2 Å². The van der Waals surface area contributed by atoms with Crippen LogP contribution in [0.15, 0.2) is 12.2 Å². The molecule has 192 valence electrons. The van der Waals surface area contributed by atoms with E-state index in [-0.39, 0.29) is 6.54 Å². The number of carbonyl (C=O) groups excluding carboxylic acids is 1. The molecule has 0 radical (unpaired) electrons. The lowest BCUT2D eigenvalue weighted by Gasteiger charge is -2.49. The second-order valence-electron chi connectivity index (χ2n) is 9.33. The van der Waals surface area contributed by atoms with Gasteiger partial charge in [0, 0.05) is 0 Å². The van der Waals surface area contributed by atoms with Gasteiger partial charge in [-0.2, -0.15) is 0 Å². The van der Waals surface area contributed by atoms with Gasteiger partial charge in [0.2, 0.25) is 0 Å². The molecule has 0 aliphatic rings. The highest BCUT2D eigenvalue weighted by atomic mass is 16.4. The van der Waals surface area contributed by atoms with Crippen molar-refractivity contribution in [1.82, 2.24) is 0 Å². The molecule has 0 spiro atoms. The van der Waals surface area contributed by atoms with Crippen molar-refractivity contribution in [2.75, 3.05) is 6.54 Å². The Labute approximate surface area is 200 Å². The van der Waals surface area contributed by atoms with Crippen molar-refractivity contribution in [3.63, 3.8) is 0 Å². The van der Waals surface area contributed by atoms with Gasteiger partial charge in [-0.05, 0) is 59.3 Å². The summed E-state index contributed by atoms with van der Waals surface area (Å²) in [6.45, 7) is 6.53. The number of aliphatic carboxylic acids is 3. The maximum Gasteiger partial charge on any atom is 0.362 e. The first kappa shape index (κ1) is 31.1. The van der Waals surface area contributed by atoms with Gasteiger partial charge in [-0.3, -0.25) is 4.48 Å². The fourth-order valence-corrected chi connectivity index (χ4v) is 4.65. The number of quaternary nitrogens is 1. The molecule has 0 bridgehead atoms. The summed E-state index contributed by atoms with van der Waals surface area (Å²) in [6, 6.07) is -3.57. The van der Waals surface area contributed by atoms with Gasteiger partial charge in [0.25, 0.3) is 0 Å². The summed E-state index contributed by atoms with van der Waals surface area (Å²) in [5.74, 6) is -3.84. The largest absolute Gasteiger partial charge is 0.544 e. The molecule has 0 aromatic heterocycles. The molecule has 0 aliphatic carbocycles. The minimum atomic E-state index is -1.43. The van der Waals surface area contributed by atoms with Crippen LogP contribution in [0.3, 0.4) is 0 Å². The summed E-state index contributed by atoms with van der Waals surface area (Å²) in [4.78, 5) is 35.1. The number of nitrogens with zero attached hydrogens (tertiary/aromatic N) is 1. The van der Waals surface area contributed by atoms with Crippen molar-refractivity contribution in [3.8, 4) is 0 Å². The van der Waals surface area contributed by atoms with E-state index in [4.69, 9.17) is 0 Å². The Kier molecular flexibility index (Phi) is 16.6. The molecule has 0 amide bonds. The number of carboxylic acid groups (broad SMARTS) is 3. The molecule has 33 heavy (non-hydrogen) atoms. The molecular formula is C26H47NO6. The van der Waals surface area contributed by atoms with E-state index >= 15 is 0 Å². The van der Waals surface area contributed by atoms with Crippen LogP contribution >= 0.6 is 0 Å². The predicted octanol–water partition coefficient (Wildman–Crippen LogP) is 4.54. The van der Waals surface area contributed by atoms with Crippen molar-refractivity contribution >= 4 is 17.9 Å². The number of carboxylic acids is 3. The quantitative estimate of drug-likeness (QED) is 0.145. The normalized spacial score (nSPS) is 16.2. The summed E-state index contributed by atoms with van der Waals surface area (Å²) in [5.41, 5.74) is 0.